The number of nitrogens with one attached hydrogen (secondary N) is 1. The lowest BCUT2D eigenvalue weighted by atomic mass is 10.2. The van der Waals surface area contributed by atoms with Crippen molar-refractivity contribution < 1.29 is 28.6 Å². The summed E-state index contributed by atoms with van der Waals surface area (Å²) in [7, 11) is 0. The maximum Gasteiger partial charge on any atom is 0.294 e. The van der Waals surface area contributed by atoms with Crippen LogP contribution in [0.15, 0.2) is 65.6 Å². The Labute approximate surface area is 226 Å². The van der Waals surface area contributed by atoms with Gasteiger partial charge < -0.3 is 19.5 Å². The maximum atomic E-state index is 12.9. The minimum Gasteiger partial charge on any atom is -0.489 e. The number of nitrogens with zero attached hydrogens (tertiary/aromatic N) is 1. The van der Waals surface area contributed by atoms with Gasteiger partial charge in [-0.3, -0.25) is 19.3 Å². The quantitative estimate of drug-likeness (QED) is 0.358. The Morgan fingerprint density at radius 3 is 2.73 bits per heavy atom. The first-order chi connectivity index (χ1) is 17.9. The Morgan fingerprint density at radius 1 is 1.05 bits per heavy atom. The molecular weight excluding hydrogens is 539 g/mol. The number of hydrogen-bond donors (Lipinski definition) is 1. The first kappa shape index (κ1) is 25.0. The first-order valence-corrected chi connectivity index (χ1v) is 12.5. The Morgan fingerprint density at radius 2 is 1.89 bits per heavy atom. The topological polar surface area (TPSA) is 94.2 Å². The minimum absolute atomic E-state index is 0.113. The van der Waals surface area contributed by atoms with Crippen LogP contribution in [0.4, 0.5) is 10.5 Å². The Hall–Kier alpha value is -3.66. The van der Waals surface area contributed by atoms with Crippen molar-refractivity contribution in [1.82, 2.24) is 4.90 Å². The van der Waals surface area contributed by atoms with Gasteiger partial charge in [0, 0.05) is 27.4 Å². The van der Waals surface area contributed by atoms with Gasteiger partial charge in [0.15, 0.2) is 11.5 Å². The first-order valence-electron chi connectivity index (χ1n) is 11.0. The average Bonchev–Trinajstić information content (AvgIpc) is 3.43. The zero-order chi connectivity index (χ0) is 25.9. The van der Waals surface area contributed by atoms with Crippen molar-refractivity contribution in [1.29, 1.82) is 0 Å². The molecule has 8 nitrogen and oxygen atoms in total. The number of ether oxygens (including phenoxy) is 3. The van der Waals surface area contributed by atoms with Crippen LogP contribution in [0.2, 0.25) is 10.0 Å². The van der Waals surface area contributed by atoms with Crippen molar-refractivity contribution in [2.45, 2.75) is 6.61 Å². The highest BCUT2D eigenvalue weighted by Gasteiger charge is 2.36. The van der Waals surface area contributed by atoms with Gasteiger partial charge in [0.05, 0.1) is 4.91 Å². The third-order valence-corrected chi connectivity index (χ3v) is 6.89. The summed E-state index contributed by atoms with van der Waals surface area (Å²) < 4.78 is 16.4. The van der Waals surface area contributed by atoms with Crippen LogP contribution in [0.5, 0.6) is 17.2 Å². The maximum absolute atomic E-state index is 12.9. The van der Waals surface area contributed by atoms with Gasteiger partial charge in [0.2, 0.25) is 12.7 Å². The molecule has 188 valence electrons. The molecule has 0 atom stereocenters. The Bertz CT molecular complexity index is 1440. The monoisotopic (exact) mass is 556 g/mol. The van der Waals surface area contributed by atoms with Crippen molar-refractivity contribution in [2.24, 2.45) is 0 Å². The molecule has 1 fully saturated rings. The number of fused-ring (bicyclic) bond motifs is 1. The summed E-state index contributed by atoms with van der Waals surface area (Å²) >= 11 is 12.9. The summed E-state index contributed by atoms with van der Waals surface area (Å²) in [5.41, 5.74) is 1.90. The standard InChI is InChI=1S/C26H18Cl2N2O6S/c27-17-5-4-16(20(28)10-17)13-34-19-3-1-2-15(8-19)9-23-25(32)30(26(33)37-23)12-24(31)29-18-6-7-21-22(11-18)36-14-35-21/h1-11H,12-14H2,(H,29,31)/b23-9+. The second-order valence-electron chi connectivity index (χ2n) is 7.98. The normalized spacial score (nSPS) is 15.4. The fourth-order valence-electron chi connectivity index (χ4n) is 3.60. The van der Waals surface area contributed by atoms with Crippen LogP contribution in [0.25, 0.3) is 6.08 Å². The van der Waals surface area contributed by atoms with Crippen LogP contribution in [0.1, 0.15) is 11.1 Å². The van der Waals surface area contributed by atoms with E-state index in [1.54, 1.807) is 66.7 Å². The minimum atomic E-state index is -0.546. The summed E-state index contributed by atoms with van der Waals surface area (Å²) in [6.45, 7) is -0.0719. The molecule has 0 aromatic heterocycles. The summed E-state index contributed by atoms with van der Waals surface area (Å²) in [6, 6.07) is 17.2. The number of carbonyl (C=O) groups excluding carboxylic acids is 3. The van der Waals surface area contributed by atoms with E-state index in [-0.39, 0.29) is 18.3 Å². The number of halogens is 2. The van der Waals surface area contributed by atoms with Crippen LogP contribution in [-0.4, -0.2) is 35.3 Å². The third-order valence-electron chi connectivity index (χ3n) is 5.40. The molecule has 0 saturated carbocycles. The van der Waals surface area contributed by atoms with Crippen molar-refractivity contribution >= 4 is 63.8 Å². The molecule has 2 aliphatic heterocycles. The van der Waals surface area contributed by atoms with Gasteiger partial charge in [0.1, 0.15) is 18.9 Å². The van der Waals surface area contributed by atoms with E-state index >= 15 is 0 Å². The number of thioether (sulfide) groups is 1. The van der Waals surface area contributed by atoms with Gasteiger partial charge in [-0.1, -0.05) is 41.4 Å². The van der Waals surface area contributed by atoms with Gasteiger partial charge in [0.25, 0.3) is 11.1 Å². The number of anilines is 1. The molecule has 0 unspecified atom stereocenters. The zero-order valence-corrected chi connectivity index (χ0v) is 21.4. The van der Waals surface area contributed by atoms with E-state index in [2.05, 4.69) is 5.32 Å². The summed E-state index contributed by atoms with van der Waals surface area (Å²) in [4.78, 5) is 39.0. The summed E-state index contributed by atoms with van der Waals surface area (Å²) in [6.07, 6.45) is 1.59. The molecule has 5 rings (SSSR count). The number of benzene rings is 3. The van der Waals surface area contributed by atoms with Gasteiger partial charge >= 0.3 is 0 Å². The predicted octanol–water partition coefficient (Wildman–Crippen LogP) is 5.98. The lowest BCUT2D eigenvalue weighted by molar-refractivity contribution is -0.127. The average molecular weight is 557 g/mol. The molecule has 3 amide bonds. The van der Waals surface area contributed by atoms with Crippen LogP contribution < -0.4 is 19.5 Å². The van der Waals surface area contributed by atoms with Crippen molar-refractivity contribution in [2.75, 3.05) is 18.7 Å². The van der Waals surface area contributed by atoms with Gasteiger partial charge in [-0.25, -0.2) is 0 Å². The Kier molecular flexibility index (Phi) is 7.27. The molecule has 37 heavy (non-hydrogen) atoms. The second-order valence-corrected chi connectivity index (χ2v) is 9.82. The molecule has 3 aromatic rings. The van der Waals surface area contributed by atoms with E-state index in [1.165, 1.54) is 0 Å². The molecule has 0 bridgehead atoms. The summed E-state index contributed by atoms with van der Waals surface area (Å²) in [5.74, 6) is 0.586. The lowest BCUT2D eigenvalue weighted by Gasteiger charge is -2.12. The van der Waals surface area contributed by atoms with Crippen molar-refractivity contribution in [3.63, 3.8) is 0 Å². The predicted molar refractivity (Wildman–Crippen MR) is 141 cm³/mol. The SMILES string of the molecule is O=C(CN1C(=O)S/C(=C/c2cccc(OCc3ccc(Cl)cc3Cl)c2)C1=O)Nc1ccc2c(c1)OCO2. The number of hydrogen-bond acceptors (Lipinski definition) is 7. The Balaban J connectivity index is 1.22. The van der Waals surface area contributed by atoms with Gasteiger partial charge in [-0.05, 0) is 59.8 Å². The summed E-state index contributed by atoms with van der Waals surface area (Å²) in [5, 5.41) is 3.17. The highest BCUT2D eigenvalue weighted by atomic mass is 35.5. The molecule has 3 aromatic carbocycles. The third kappa shape index (κ3) is 5.85. The fourth-order valence-corrected chi connectivity index (χ4v) is 4.90. The highest BCUT2D eigenvalue weighted by molar-refractivity contribution is 8.18. The van der Waals surface area contributed by atoms with E-state index in [0.717, 1.165) is 22.2 Å². The highest BCUT2D eigenvalue weighted by Crippen LogP contribution is 2.35. The molecule has 0 spiro atoms. The molecule has 0 aliphatic carbocycles. The molecule has 0 radical (unpaired) electrons. The van der Waals surface area contributed by atoms with Gasteiger partial charge in [-0.2, -0.15) is 0 Å². The van der Waals surface area contributed by atoms with Crippen molar-refractivity contribution in [3.05, 3.63) is 86.7 Å². The van der Waals surface area contributed by atoms with Gasteiger partial charge in [-0.15, -0.1) is 0 Å². The zero-order valence-electron chi connectivity index (χ0n) is 19.0. The number of carbonyl (C=O) groups is 3. The van der Waals surface area contributed by atoms with Crippen LogP contribution in [-0.2, 0) is 16.2 Å². The van der Waals surface area contributed by atoms with Crippen molar-refractivity contribution in [3.8, 4) is 17.2 Å². The van der Waals surface area contributed by atoms with Crippen LogP contribution >= 0.6 is 35.0 Å². The number of amides is 3. The van der Waals surface area contributed by atoms with E-state index in [4.69, 9.17) is 37.4 Å². The molecule has 11 heteroatoms. The smallest absolute Gasteiger partial charge is 0.294 e. The number of imide groups is 1. The molecule has 1 N–H and O–H groups in total. The van der Waals surface area contributed by atoms with Crippen LogP contribution in [0, 0.1) is 0 Å². The second kappa shape index (κ2) is 10.8. The fraction of sp³-hybridized carbons (Fsp3) is 0.115. The molecule has 1 saturated heterocycles. The lowest BCUT2D eigenvalue weighted by Crippen LogP contribution is -2.36. The van der Waals surface area contributed by atoms with E-state index in [1.807, 2.05) is 0 Å². The molecular formula is C26H18Cl2N2O6S. The van der Waals surface area contributed by atoms with E-state index in [9.17, 15) is 14.4 Å². The van der Waals surface area contributed by atoms with E-state index in [0.29, 0.717) is 38.5 Å². The number of rotatable bonds is 7. The molecule has 2 heterocycles. The van der Waals surface area contributed by atoms with Crippen LogP contribution in [0.3, 0.4) is 0 Å². The van der Waals surface area contributed by atoms with E-state index < -0.39 is 23.6 Å². The largest absolute Gasteiger partial charge is 0.489 e. The molecule has 2 aliphatic rings.